The second-order valence-electron chi connectivity index (χ2n) is 6.78. The van der Waals surface area contributed by atoms with E-state index in [1.807, 2.05) is 0 Å². The molecule has 0 aliphatic heterocycles. The first kappa shape index (κ1) is 16.7. The van der Waals surface area contributed by atoms with Crippen LogP contribution in [-0.4, -0.2) is 30.5 Å². The number of phenolic OH excluding ortho intramolecular Hbond substituents is 1. The second kappa shape index (κ2) is 5.97. The minimum Gasteiger partial charge on any atom is -0.508 e. The maximum Gasteiger partial charge on any atom is 0.320 e. The van der Waals surface area contributed by atoms with Crippen molar-refractivity contribution in [3.63, 3.8) is 0 Å². The SMILES string of the molecule is CC(C)(C)[Si](C)(C)N[C@@H](Cc1ccc(O)cc1)C(=O)O. The Bertz CT molecular complexity index is 463. The lowest BCUT2D eigenvalue weighted by atomic mass is 10.1. The van der Waals surface area contributed by atoms with Crippen LogP contribution in [0.3, 0.4) is 0 Å². The maximum absolute atomic E-state index is 11.5. The van der Waals surface area contributed by atoms with E-state index in [4.69, 9.17) is 0 Å². The molecular weight excluding hydrogens is 270 g/mol. The van der Waals surface area contributed by atoms with Gasteiger partial charge in [0.15, 0.2) is 0 Å². The summed E-state index contributed by atoms with van der Waals surface area (Å²) in [6, 6.07) is 6.10. The zero-order chi connectivity index (χ0) is 15.6. The lowest BCUT2D eigenvalue weighted by Gasteiger charge is -2.39. The lowest BCUT2D eigenvalue weighted by Crippen LogP contribution is -2.58. The summed E-state index contributed by atoms with van der Waals surface area (Å²) in [6.07, 6.45) is 0.419. The molecule has 0 spiro atoms. The van der Waals surface area contributed by atoms with Gasteiger partial charge in [0.05, 0.1) is 0 Å². The first-order valence-electron chi connectivity index (χ1n) is 6.81. The number of benzene rings is 1. The van der Waals surface area contributed by atoms with Crippen molar-refractivity contribution >= 4 is 14.2 Å². The van der Waals surface area contributed by atoms with Gasteiger partial charge in [-0.2, -0.15) is 0 Å². The summed E-state index contributed by atoms with van der Waals surface area (Å²) in [5.41, 5.74) is 0.904. The van der Waals surface area contributed by atoms with E-state index in [1.54, 1.807) is 24.3 Å². The summed E-state index contributed by atoms with van der Waals surface area (Å²) in [6.45, 7) is 10.7. The fourth-order valence-electron chi connectivity index (χ4n) is 1.72. The standard InChI is InChI=1S/C15H25NO3Si/c1-15(2,3)20(4,5)16-13(14(18)19)10-11-6-8-12(17)9-7-11/h6-9,13,16-17H,10H2,1-5H3,(H,18,19)/t13-/m0/s1. The Morgan fingerprint density at radius 3 is 2.15 bits per heavy atom. The first-order valence-corrected chi connectivity index (χ1v) is 9.81. The average molecular weight is 295 g/mol. The van der Waals surface area contributed by atoms with E-state index in [0.717, 1.165) is 5.56 Å². The van der Waals surface area contributed by atoms with Gasteiger partial charge in [0.2, 0.25) is 0 Å². The van der Waals surface area contributed by atoms with Crippen molar-refractivity contribution in [3.05, 3.63) is 29.8 Å². The van der Waals surface area contributed by atoms with Gasteiger partial charge in [-0.1, -0.05) is 46.0 Å². The van der Waals surface area contributed by atoms with E-state index >= 15 is 0 Å². The van der Waals surface area contributed by atoms with Crippen LogP contribution >= 0.6 is 0 Å². The number of phenols is 1. The third-order valence-corrected chi connectivity index (χ3v) is 8.90. The van der Waals surface area contributed by atoms with Gasteiger partial charge in [0, 0.05) is 0 Å². The Labute approximate surface area is 121 Å². The van der Waals surface area contributed by atoms with E-state index in [-0.39, 0.29) is 10.8 Å². The molecule has 3 N–H and O–H groups in total. The largest absolute Gasteiger partial charge is 0.508 e. The van der Waals surface area contributed by atoms with Crippen LogP contribution in [0.2, 0.25) is 18.1 Å². The topological polar surface area (TPSA) is 69.6 Å². The fraction of sp³-hybridized carbons (Fsp3) is 0.533. The van der Waals surface area contributed by atoms with Gasteiger partial charge < -0.3 is 15.2 Å². The van der Waals surface area contributed by atoms with Gasteiger partial charge in [-0.05, 0) is 29.2 Å². The molecule has 1 atom stereocenters. The predicted molar refractivity (Wildman–Crippen MR) is 83.6 cm³/mol. The minimum atomic E-state index is -1.88. The van der Waals surface area contributed by atoms with E-state index in [9.17, 15) is 15.0 Å². The van der Waals surface area contributed by atoms with Crippen molar-refractivity contribution in [3.8, 4) is 5.75 Å². The molecule has 1 aromatic rings. The van der Waals surface area contributed by atoms with Crippen LogP contribution in [0.15, 0.2) is 24.3 Å². The maximum atomic E-state index is 11.5. The molecule has 0 fully saturated rings. The number of carboxylic acids is 1. The average Bonchev–Trinajstić information content (AvgIpc) is 2.29. The van der Waals surface area contributed by atoms with Crippen molar-refractivity contribution in [2.75, 3.05) is 0 Å². The van der Waals surface area contributed by atoms with Gasteiger partial charge in [-0.3, -0.25) is 4.79 Å². The quantitative estimate of drug-likeness (QED) is 0.730. The highest BCUT2D eigenvalue weighted by Gasteiger charge is 2.38. The Balaban J connectivity index is 2.86. The Morgan fingerprint density at radius 2 is 1.75 bits per heavy atom. The van der Waals surface area contributed by atoms with Gasteiger partial charge in [0.25, 0.3) is 0 Å². The Morgan fingerprint density at radius 1 is 1.25 bits per heavy atom. The minimum absolute atomic E-state index is 0.0790. The number of aromatic hydroxyl groups is 1. The van der Waals surface area contributed by atoms with Crippen LogP contribution in [0.5, 0.6) is 5.75 Å². The van der Waals surface area contributed by atoms with Gasteiger partial charge in [-0.15, -0.1) is 0 Å². The van der Waals surface area contributed by atoms with Crippen LogP contribution in [0.1, 0.15) is 26.3 Å². The van der Waals surface area contributed by atoms with Crippen molar-refractivity contribution in [2.24, 2.45) is 0 Å². The van der Waals surface area contributed by atoms with Crippen molar-refractivity contribution in [1.29, 1.82) is 0 Å². The summed E-state index contributed by atoms with van der Waals surface area (Å²) in [5.74, 6) is -0.638. The summed E-state index contributed by atoms with van der Waals surface area (Å²) in [5, 5.41) is 18.8. The highest BCUT2D eigenvalue weighted by Crippen LogP contribution is 2.34. The summed E-state index contributed by atoms with van der Waals surface area (Å²) in [7, 11) is -1.88. The van der Waals surface area contributed by atoms with E-state index < -0.39 is 20.2 Å². The summed E-state index contributed by atoms with van der Waals surface area (Å²) >= 11 is 0. The van der Waals surface area contributed by atoms with Crippen LogP contribution in [-0.2, 0) is 11.2 Å². The molecule has 0 heterocycles. The zero-order valence-electron chi connectivity index (χ0n) is 12.9. The molecule has 1 aromatic carbocycles. The lowest BCUT2D eigenvalue weighted by molar-refractivity contribution is -0.139. The number of hydrogen-bond acceptors (Lipinski definition) is 3. The van der Waals surface area contributed by atoms with Crippen LogP contribution in [0.4, 0.5) is 0 Å². The van der Waals surface area contributed by atoms with E-state index in [2.05, 4.69) is 38.8 Å². The third-order valence-electron chi connectivity index (χ3n) is 4.08. The van der Waals surface area contributed by atoms with Crippen molar-refractivity contribution in [1.82, 2.24) is 4.98 Å². The molecule has 0 aliphatic rings. The van der Waals surface area contributed by atoms with Crippen LogP contribution in [0, 0.1) is 0 Å². The summed E-state index contributed by atoms with van der Waals surface area (Å²) < 4.78 is 0. The molecule has 0 saturated carbocycles. The van der Waals surface area contributed by atoms with Gasteiger partial charge in [-0.25, -0.2) is 0 Å². The summed E-state index contributed by atoms with van der Waals surface area (Å²) in [4.78, 5) is 14.9. The number of rotatable bonds is 5. The number of carboxylic acid groups (broad SMARTS) is 1. The normalized spacial score (nSPS) is 14.1. The molecule has 1 rings (SSSR count). The molecule has 0 aromatic heterocycles. The molecule has 0 unspecified atom stereocenters. The molecule has 4 nitrogen and oxygen atoms in total. The van der Waals surface area contributed by atoms with Crippen molar-refractivity contribution in [2.45, 2.75) is 51.4 Å². The fourth-order valence-corrected chi connectivity index (χ4v) is 3.25. The molecule has 112 valence electrons. The number of nitrogens with one attached hydrogen (secondary N) is 1. The van der Waals surface area contributed by atoms with E-state index in [1.165, 1.54) is 0 Å². The molecule has 0 radical (unpaired) electrons. The predicted octanol–water partition coefficient (Wildman–Crippen LogP) is 2.98. The Hall–Kier alpha value is -1.33. The molecule has 5 heteroatoms. The molecule has 0 saturated heterocycles. The first-order chi connectivity index (χ1) is 9.03. The highest BCUT2D eigenvalue weighted by molar-refractivity contribution is 6.78. The number of hydrogen-bond donors (Lipinski definition) is 3. The number of carbonyl (C=O) groups is 1. The molecular formula is C15H25NO3Si. The zero-order valence-corrected chi connectivity index (χ0v) is 13.9. The molecule has 0 amide bonds. The Kier molecular flexibility index (Phi) is 4.99. The van der Waals surface area contributed by atoms with E-state index in [0.29, 0.717) is 6.42 Å². The van der Waals surface area contributed by atoms with Crippen molar-refractivity contribution < 1.29 is 15.0 Å². The van der Waals surface area contributed by atoms with Gasteiger partial charge >= 0.3 is 5.97 Å². The van der Waals surface area contributed by atoms with Gasteiger partial charge in [0.1, 0.15) is 20.0 Å². The number of aliphatic carboxylic acids is 1. The van der Waals surface area contributed by atoms with Crippen LogP contribution in [0.25, 0.3) is 0 Å². The van der Waals surface area contributed by atoms with Crippen LogP contribution < -0.4 is 4.98 Å². The monoisotopic (exact) mass is 295 g/mol. The molecule has 0 aliphatic carbocycles. The third kappa shape index (κ3) is 4.35. The second-order valence-corrected chi connectivity index (χ2v) is 11.8. The highest BCUT2D eigenvalue weighted by atomic mass is 28.3. The molecule has 20 heavy (non-hydrogen) atoms. The smallest absolute Gasteiger partial charge is 0.320 e. The molecule has 0 bridgehead atoms.